The number of thioether (sulfide) groups is 2. The van der Waals surface area contributed by atoms with Crippen molar-refractivity contribution in [1.82, 2.24) is 10.3 Å². The molecule has 31 heavy (non-hydrogen) atoms. The molecule has 5 nitrogen and oxygen atoms in total. The number of alkyl halides is 2. The van der Waals surface area contributed by atoms with E-state index in [0.717, 1.165) is 5.56 Å². The van der Waals surface area contributed by atoms with Crippen LogP contribution in [0.5, 0.6) is 0 Å². The van der Waals surface area contributed by atoms with E-state index in [0.29, 0.717) is 33.3 Å². The number of anilines is 1. The highest BCUT2D eigenvalue weighted by Gasteiger charge is 2.20. The molecule has 0 saturated heterocycles. The van der Waals surface area contributed by atoms with Crippen LogP contribution in [0.15, 0.2) is 63.8 Å². The maximum Gasteiger partial charge on any atom is 0.288 e. The number of amides is 2. The monoisotopic (exact) mass is 479 g/mol. The Kier molecular flexibility index (Phi) is 8.44. The summed E-state index contributed by atoms with van der Waals surface area (Å²) >= 11 is 2.85. The van der Waals surface area contributed by atoms with Crippen LogP contribution in [0.4, 0.5) is 13.8 Å². The van der Waals surface area contributed by atoms with Crippen LogP contribution in [0.3, 0.4) is 0 Å². The second-order valence-electron chi connectivity index (χ2n) is 6.09. The van der Waals surface area contributed by atoms with Gasteiger partial charge in [-0.15, -0.1) is 0 Å². The summed E-state index contributed by atoms with van der Waals surface area (Å²) in [7, 11) is 0. The van der Waals surface area contributed by atoms with Gasteiger partial charge in [0.1, 0.15) is 10.7 Å². The first-order chi connectivity index (χ1) is 15.0. The van der Waals surface area contributed by atoms with Gasteiger partial charge in [-0.3, -0.25) is 9.59 Å². The molecule has 0 fully saturated rings. The molecule has 0 bridgehead atoms. The Morgan fingerprint density at radius 3 is 2.52 bits per heavy atom. The van der Waals surface area contributed by atoms with Gasteiger partial charge in [0.05, 0.1) is 11.3 Å². The van der Waals surface area contributed by atoms with Crippen molar-refractivity contribution in [2.45, 2.75) is 21.9 Å². The van der Waals surface area contributed by atoms with E-state index >= 15 is 0 Å². The first kappa shape index (κ1) is 23.2. The number of thiazole rings is 1. The molecule has 2 aromatic carbocycles. The van der Waals surface area contributed by atoms with Gasteiger partial charge in [0.15, 0.2) is 4.34 Å². The molecule has 1 heterocycles. The molecule has 0 spiro atoms. The topological polar surface area (TPSA) is 71.1 Å². The molecule has 0 aliphatic heterocycles. The number of halogens is 2. The largest absolute Gasteiger partial charge is 0.356 e. The molecule has 1 aromatic heterocycles. The van der Waals surface area contributed by atoms with Crippen molar-refractivity contribution in [2.75, 3.05) is 17.6 Å². The van der Waals surface area contributed by atoms with Gasteiger partial charge in [0.2, 0.25) is 5.91 Å². The molecule has 0 atom stereocenters. The van der Waals surface area contributed by atoms with E-state index in [2.05, 4.69) is 15.6 Å². The zero-order chi connectivity index (χ0) is 22.2. The summed E-state index contributed by atoms with van der Waals surface area (Å²) in [4.78, 5) is 29.5. The van der Waals surface area contributed by atoms with E-state index < -0.39 is 11.7 Å². The molecule has 0 aliphatic carbocycles. The molecule has 0 radical (unpaired) electrons. The number of aromatic nitrogens is 1. The minimum atomic E-state index is -2.63. The molecule has 0 aliphatic rings. The maximum atomic E-state index is 12.9. The highest BCUT2D eigenvalue weighted by Crippen LogP contribution is 2.38. The average molecular weight is 480 g/mol. The minimum absolute atomic E-state index is 0.104. The van der Waals surface area contributed by atoms with Crippen molar-refractivity contribution < 1.29 is 18.4 Å². The van der Waals surface area contributed by atoms with E-state index in [1.54, 1.807) is 12.1 Å². The summed E-state index contributed by atoms with van der Waals surface area (Å²) in [6.45, 7) is 2.39. The van der Waals surface area contributed by atoms with Crippen molar-refractivity contribution in [3.8, 4) is 11.3 Å². The van der Waals surface area contributed by atoms with Gasteiger partial charge < -0.3 is 10.6 Å². The number of nitrogens with zero attached hydrogens (tertiary/aromatic N) is 1. The van der Waals surface area contributed by atoms with Gasteiger partial charge >= 0.3 is 0 Å². The van der Waals surface area contributed by atoms with Crippen molar-refractivity contribution in [3.05, 3.63) is 60.2 Å². The van der Waals surface area contributed by atoms with E-state index in [1.807, 2.05) is 37.3 Å². The summed E-state index contributed by atoms with van der Waals surface area (Å²) in [6.07, 6.45) is 0. The summed E-state index contributed by atoms with van der Waals surface area (Å²) in [6, 6.07) is 15.6. The third-order valence-corrected chi connectivity index (χ3v) is 6.83. The van der Waals surface area contributed by atoms with E-state index in [-0.39, 0.29) is 22.1 Å². The molecule has 3 rings (SSSR count). The fourth-order valence-electron chi connectivity index (χ4n) is 2.64. The second-order valence-corrected chi connectivity index (χ2v) is 9.35. The Bertz CT molecular complexity index is 1050. The standard InChI is InChI=1S/C21H19F2N3O2S3/c1-2-24-16(27)12-29-21-25-17(13-8-4-3-5-9-13)19(31-21)26-18(28)14-10-6-7-11-15(14)30-20(22)23/h3-11,20H,2,12H2,1H3,(H,24,27)(H,26,28). The fraction of sp³-hybridized carbons (Fsp3) is 0.190. The average Bonchev–Trinajstić information content (AvgIpc) is 3.15. The van der Waals surface area contributed by atoms with Crippen LogP contribution >= 0.6 is 34.9 Å². The molecule has 2 amide bonds. The summed E-state index contributed by atoms with van der Waals surface area (Å²) in [5.74, 6) is -3.02. The second kappa shape index (κ2) is 11.3. The summed E-state index contributed by atoms with van der Waals surface area (Å²) < 4.78 is 26.4. The van der Waals surface area contributed by atoms with E-state index in [9.17, 15) is 18.4 Å². The van der Waals surface area contributed by atoms with Crippen LogP contribution in [0, 0.1) is 0 Å². The lowest BCUT2D eigenvalue weighted by Gasteiger charge is -2.09. The van der Waals surface area contributed by atoms with Crippen LogP contribution in [-0.2, 0) is 4.79 Å². The fourth-order valence-corrected chi connectivity index (χ4v) is 5.16. The SMILES string of the molecule is CCNC(=O)CSc1nc(-c2ccccc2)c(NC(=O)c2ccccc2SC(F)F)s1. The van der Waals surface area contributed by atoms with Crippen LogP contribution in [0.2, 0.25) is 0 Å². The molecular formula is C21H19F2N3O2S3. The van der Waals surface area contributed by atoms with Crippen molar-refractivity contribution in [2.24, 2.45) is 0 Å². The Balaban J connectivity index is 1.87. The summed E-state index contributed by atoms with van der Waals surface area (Å²) in [5.41, 5.74) is 1.53. The smallest absolute Gasteiger partial charge is 0.288 e. The Labute approximate surface area is 191 Å². The number of carbonyl (C=O) groups excluding carboxylic acids is 2. The number of carbonyl (C=O) groups is 2. The Hall–Kier alpha value is -2.43. The lowest BCUT2D eigenvalue weighted by Crippen LogP contribution is -2.24. The third-order valence-electron chi connectivity index (χ3n) is 3.93. The minimum Gasteiger partial charge on any atom is -0.356 e. The predicted octanol–water partition coefficient (Wildman–Crippen LogP) is 5.61. The van der Waals surface area contributed by atoms with Gasteiger partial charge in [0.25, 0.3) is 11.7 Å². The van der Waals surface area contributed by atoms with Gasteiger partial charge in [-0.05, 0) is 19.1 Å². The van der Waals surface area contributed by atoms with Gasteiger partial charge in [-0.2, -0.15) is 8.78 Å². The molecule has 10 heteroatoms. The zero-order valence-corrected chi connectivity index (χ0v) is 18.9. The zero-order valence-electron chi connectivity index (χ0n) is 16.4. The van der Waals surface area contributed by atoms with Gasteiger partial charge in [-0.1, -0.05) is 77.3 Å². The van der Waals surface area contributed by atoms with Crippen molar-refractivity contribution in [3.63, 3.8) is 0 Å². The first-order valence-corrected chi connectivity index (χ1v) is 12.0. The highest BCUT2D eigenvalue weighted by molar-refractivity contribution is 8.01. The Morgan fingerprint density at radius 1 is 1.10 bits per heavy atom. The van der Waals surface area contributed by atoms with Crippen LogP contribution in [-0.4, -0.2) is 34.9 Å². The third kappa shape index (κ3) is 6.52. The van der Waals surface area contributed by atoms with E-state index in [4.69, 9.17) is 0 Å². The first-order valence-electron chi connectivity index (χ1n) is 9.29. The molecule has 0 saturated carbocycles. The number of hydrogen-bond acceptors (Lipinski definition) is 6. The van der Waals surface area contributed by atoms with E-state index in [1.165, 1.54) is 35.2 Å². The van der Waals surface area contributed by atoms with Gasteiger partial charge in [-0.25, -0.2) is 4.98 Å². The van der Waals surface area contributed by atoms with Gasteiger partial charge in [0, 0.05) is 17.0 Å². The molecule has 162 valence electrons. The quantitative estimate of drug-likeness (QED) is 0.391. The normalized spacial score (nSPS) is 10.8. The van der Waals surface area contributed by atoms with Crippen LogP contribution < -0.4 is 10.6 Å². The Morgan fingerprint density at radius 2 is 1.81 bits per heavy atom. The van der Waals surface area contributed by atoms with Crippen molar-refractivity contribution in [1.29, 1.82) is 0 Å². The lowest BCUT2D eigenvalue weighted by atomic mass is 10.1. The van der Waals surface area contributed by atoms with Crippen LogP contribution in [0.1, 0.15) is 17.3 Å². The molecule has 0 unspecified atom stereocenters. The number of rotatable bonds is 9. The predicted molar refractivity (Wildman–Crippen MR) is 123 cm³/mol. The lowest BCUT2D eigenvalue weighted by molar-refractivity contribution is -0.118. The molecular weight excluding hydrogens is 460 g/mol. The highest BCUT2D eigenvalue weighted by atomic mass is 32.2. The van der Waals surface area contributed by atoms with Crippen LogP contribution in [0.25, 0.3) is 11.3 Å². The number of nitrogens with one attached hydrogen (secondary N) is 2. The summed E-state index contributed by atoms with van der Waals surface area (Å²) in [5, 5.41) is 6.04. The van der Waals surface area contributed by atoms with Crippen molar-refractivity contribution >= 4 is 51.7 Å². The number of benzene rings is 2. The molecule has 2 N–H and O–H groups in total. The number of hydrogen-bond donors (Lipinski definition) is 2. The maximum absolute atomic E-state index is 12.9. The molecule has 3 aromatic rings.